The van der Waals surface area contributed by atoms with Crippen molar-refractivity contribution in [2.75, 3.05) is 47.9 Å². The topological polar surface area (TPSA) is 242 Å². The number of hydrogen-bond donors (Lipinski definition) is 4. The Balaban J connectivity index is 1.64. The average Bonchev–Trinajstić information content (AvgIpc) is 3.98. The number of hydrazine groups is 1. The molecular formula is C57H92N8O12. The average molecular weight is 1080 g/mol. The van der Waals surface area contributed by atoms with Gasteiger partial charge in [0.1, 0.15) is 17.7 Å². The van der Waals surface area contributed by atoms with Gasteiger partial charge in [-0.25, -0.2) is 4.79 Å². The van der Waals surface area contributed by atoms with Crippen LogP contribution in [0.25, 0.3) is 0 Å². The fourth-order valence-corrected chi connectivity index (χ4v) is 10.3. The van der Waals surface area contributed by atoms with Crippen LogP contribution in [0.2, 0.25) is 0 Å². The minimum atomic E-state index is -0.961. The van der Waals surface area contributed by atoms with Crippen molar-refractivity contribution in [3.05, 3.63) is 48.0 Å². The van der Waals surface area contributed by atoms with Gasteiger partial charge in [0.15, 0.2) is 0 Å². The monoisotopic (exact) mass is 1080 g/mol. The number of carbonyl (C=O) groups excluding carboxylic acids is 9. The van der Waals surface area contributed by atoms with Crippen LogP contribution in [-0.2, 0) is 63.8 Å². The number of unbranched alkanes of at least 4 members (excludes halogenated alkanes) is 2. The molecule has 0 spiro atoms. The van der Waals surface area contributed by atoms with Gasteiger partial charge in [-0.3, -0.25) is 59.0 Å². The lowest BCUT2D eigenvalue weighted by Crippen LogP contribution is -2.60. The van der Waals surface area contributed by atoms with E-state index < -0.39 is 71.7 Å². The highest BCUT2D eigenvalue weighted by Gasteiger charge is 2.44. The number of likely N-dealkylation sites (tertiary alicyclic amines) is 1. The summed E-state index contributed by atoms with van der Waals surface area (Å²) in [6.07, 6.45) is 5.43. The van der Waals surface area contributed by atoms with Crippen molar-refractivity contribution in [1.29, 1.82) is 0 Å². The molecule has 1 aromatic carbocycles. The molecule has 20 heteroatoms. The Morgan fingerprint density at radius 1 is 0.779 bits per heavy atom. The standard InChI is InChI=1S/C57H92N8O12/c1-15-38(6)51(43(75-13)35-48(70)64-33-22-26-42(64)52(76-14)39(7)53(71)58-41(56(74)77-57(8,9)10)34-40-24-18-16-19-25-40)63(12)55(73)49(36(2)3)59-54(72)50(37(4)5)62(11)31-23-28-45(67)61-60-44(66)27-20-17-21-32-65-46(68)29-30-47(65)69/h16,18-19,24-25,29-30,36-39,41-43,49-52H,15,17,20-23,26-28,31-35H2,1-14H3,(H,58,71)(H,59,72)(H,60,66)(H,61,67)/t38-,39+,41-,42-,43+,49-,50-,51-,52+/m0/s1. The molecule has 4 N–H and O–H groups in total. The molecule has 0 radical (unpaired) electrons. The van der Waals surface area contributed by atoms with Crippen LogP contribution < -0.4 is 21.5 Å². The Bertz CT molecular complexity index is 2150. The summed E-state index contributed by atoms with van der Waals surface area (Å²) in [5, 5.41) is 5.98. The lowest BCUT2D eigenvalue weighted by atomic mass is 9.89. The van der Waals surface area contributed by atoms with Gasteiger partial charge in [-0.1, -0.05) is 91.6 Å². The molecule has 77 heavy (non-hydrogen) atoms. The predicted octanol–water partition coefficient (Wildman–Crippen LogP) is 4.49. The number of esters is 1. The number of nitrogens with one attached hydrogen (secondary N) is 4. The van der Waals surface area contributed by atoms with Crippen molar-refractivity contribution >= 4 is 53.2 Å². The molecule has 0 saturated carbocycles. The molecule has 2 aliphatic rings. The van der Waals surface area contributed by atoms with Crippen LogP contribution in [0.5, 0.6) is 0 Å². The summed E-state index contributed by atoms with van der Waals surface area (Å²) in [7, 11) is 6.51. The van der Waals surface area contributed by atoms with Gasteiger partial charge in [-0.2, -0.15) is 0 Å². The second kappa shape index (κ2) is 31.6. The molecule has 0 bridgehead atoms. The van der Waals surface area contributed by atoms with Gasteiger partial charge in [0, 0.05) is 65.8 Å². The van der Waals surface area contributed by atoms with Crippen molar-refractivity contribution < 1.29 is 57.4 Å². The normalized spacial score (nSPS) is 17.9. The van der Waals surface area contributed by atoms with Gasteiger partial charge in [-0.15, -0.1) is 0 Å². The Morgan fingerprint density at radius 2 is 1.39 bits per heavy atom. The zero-order chi connectivity index (χ0) is 57.7. The summed E-state index contributed by atoms with van der Waals surface area (Å²) >= 11 is 0. The number of likely N-dealkylation sites (N-methyl/N-ethyl adjacent to an activating group) is 2. The molecule has 2 heterocycles. The van der Waals surface area contributed by atoms with E-state index in [1.807, 2.05) is 76.8 Å². The first kappa shape index (κ1) is 65.6. The molecule has 0 aromatic heterocycles. The van der Waals surface area contributed by atoms with E-state index in [-0.39, 0.29) is 85.4 Å². The number of rotatable bonds is 31. The maximum Gasteiger partial charge on any atom is 0.329 e. The second-order valence-electron chi connectivity index (χ2n) is 22.4. The maximum atomic E-state index is 14.7. The van der Waals surface area contributed by atoms with Crippen molar-refractivity contribution in [3.8, 4) is 0 Å². The Hall–Kier alpha value is -5.73. The SMILES string of the molecule is CC[C@H](C)[C@@H]([C@@H](CC(=O)N1CCC[C@H]1[C@H](OC)[C@@H](C)C(=O)N[C@@H](Cc1ccccc1)C(=O)OC(C)(C)C)OC)N(C)C(=O)[C@@H](NC(=O)[C@H](C(C)C)N(C)CCCC(=O)NNC(=O)CCCCCN1C(=O)C=CC1=O)C(C)C. The largest absolute Gasteiger partial charge is 0.458 e. The fourth-order valence-electron chi connectivity index (χ4n) is 10.3. The van der Waals surface area contributed by atoms with Crippen molar-refractivity contribution in [2.45, 2.75) is 188 Å². The van der Waals surface area contributed by atoms with Crippen LogP contribution in [0.15, 0.2) is 42.5 Å². The molecular weight excluding hydrogens is 989 g/mol. The number of ether oxygens (including phenoxy) is 3. The number of benzene rings is 1. The smallest absolute Gasteiger partial charge is 0.329 e. The molecule has 2 aliphatic heterocycles. The summed E-state index contributed by atoms with van der Waals surface area (Å²) in [6.45, 7) is 19.7. The molecule has 20 nitrogen and oxygen atoms in total. The van der Waals surface area contributed by atoms with Crippen LogP contribution >= 0.6 is 0 Å². The first-order valence-electron chi connectivity index (χ1n) is 27.6. The number of nitrogens with zero attached hydrogens (tertiary/aromatic N) is 4. The Morgan fingerprint density at radius 3 is 1.94 bits per heavy atom. The molecule has 1 saturated heterocycles. The molecule has 3 rings (SSSR count). The summed E-state index contributed by atoms with van der Waals surface area (Å²) < 4.78 is 17.8. The zero-order valence-corrected chi connectivity index (χ0v) is 48.5. The van der Waals surface area contributed by atoms with E-state index in [0.29, 0.717) is 58.0 Å². The first-order chi connectivity index (χ1) is 36.3. The van der Waals surface area contributed by atoms with E-state index in [4.69, 9.17) is 14.2 Å². The lowest BCUT2D eigenvalue weighted by molar-refractivity contribution is -0.159. The van der Waals surface area contributed by atoms with E-state index in [9.17, 15) is 43.2 Å². The number of amides is 8. The van der Waals surface area contributed by atoms with Crippen molar-refractivity contribution in [1.82, 2.24) is 41.1 Å². The molecule has 1 fully saturated rings. The van der Waals surface area contributed by atoms with E-state index in [1.165, 1.54) is 26.4 Å². The molecule has 1 aromatic rings. The second-order valence-corrected chi connectivity index (χ2v) is 22.4. The van der Waals surface area contributed by atoms with Gasteiger partial charge in [0.05, 0.1) is 42.7 Å². The van der Waals surface area contributed by atoms with Gasteiger partial charge < -0.3 is 34.6 Å². The molecule has 432 valence electrons. The van der Waals surface area contributed by atoms with Crippen molar-refractivity contribution in [2.24, 2.45) is 23.7 Å². The highest BCUT2D eigenvalue weighted by Crippen LogP contribution is 2.30. The molecule has 0 unspecified atom stereocenters. The van der Waals surface area contributed by atoms with Gasteiger partial charge in [0.2, 0.25) is 35.4 Å². The van der Waals surface area contributed by atoms with Crippen LogP contribution in [0.1, 0.15) is 139 Å². The third-order valence-electron chi connectivity index (χ3n) is 14.6. The van der Waals surface area contributed by atoms with Crippen LogP contribution in [-0.4, -0.2) is 169 Å². The number of imide groups is 1. The number of hydrogen-bond acceptors (Lipinski definition) is 13. The molecule has 0 aliphatic carbocycles. The van der Waals surface area contributed by atoms with E-state index in [1.54, 1.807) is 51.6 Å². The first-order valence-corrected chi connectivity index (χ1v) is 27.6. The van der Waals surface area contributed by atoms with E-state index in [0.717, 1.165) is 10.5 Å². The molecule has 9 atom stereocenters. The fraction of sp³-hybridized carbons (Fsp3) is 0.702. The lowest BCUT2D eigenvalue weighted by Gasteiger charge is -2.41. The third kappa shape index (κ3) is 20.2. The van der Waals surface area contributed by atoms with Gasteiger partial charge in [-0.05, 0) is 89.8 Å². The maximum absolute atomic E-state index is 14.7. The number of carbonyl (C=O) groups is 9. The summed E-state index contributed by atoms with van der Waals surface area (Å²) in [5.41, 5.74) is 4.94. The quantitative estimate of drug-likeness (QED) is 0.0348. The predicted molar refractivity (Wildman–Crippen MR) is 292 cm³/mol. The van der Waals surface area contributed by atoms with Crippen LogP contribution in [0, 0.1) is 23.7 Å². The van der Waals surface area contributed by atoms with Crippen molar-refractivity contribution in [3.63, 3.8) is 0 Å². The Kier molecular flexibility index (Phi) is 26.9. The third-order valence-corrected chi connectivity index (χ3v) is 14.6. The Labute approximate surface area is 457 Å². The highest BCUT2D eigenvalue weighted by molar-refractivity contribution is 6.12. The van der Waals surface area contributed by atoms with E-state index in [2.05, 4.69) is 21.5 Å². The van der Waals surface area contributed by atoms with Crippen LogP contribution in [0.3, 0.4) is 0 Å². The summed E-state index contributed by atoms with van der Waals surface area (Å²) in [5.74, 6) is -4.67. The molecule has 8 amide bonds. The van der Waals surface area contributed by atoms with Crippen LogP contribution in [0.4, 0.5) is 0 Å². The zero-order valence-electron chi connectivity index (χ0n) is 48.5. The van der Waals surface area contributed by atoms with E-state index >= 15 is 0 Å². The number of methoxy groups -OCH3 is 2. The summed E-state index contributed by atoms with van der Waals surface area (Å²) in [6, 6.07) is 5.81. The van der Waals surface area contributed by atoms with Gasteiger partial charge >= 0.3 is 5.97 Å². The minimum absolute atomic E-state index is 0.0646. The highest BCUT2D eigenvalue weighted by atomic mass is 16.6. The minimum Gasteiger partial charge on any atom is -0.458 e. The summed E-state index contributed by atoms with van der Waals surface area (Å²) in [4.78, 5) is 126. The van der Waals surface area contributed by atoms with Gasteiger partial charge in [0.25, 0.3) is 11.8 Å².